The number of hydrogen-bond acceptors (Lipinski definition) is 5. The molecular formula is C19H20ClFN4O2. The highest BCUT2D eigenvalue weighted by atomic mass is 35.5. The largest absolute Gasteiger partial charge is 0.396 e. The minimum atomic E-state index is -0.481. The second kappa shape index (κ2) is 7.05. The second-order valence-electron chi connectivity index (χ2n) is 7.01. The van der Waals surface area contributed by atoms with Gasteiger partial charge in [-0.15, -0.1) is 0 Å². The fraction of sp³-hybridized carbons (Fsp3) is 0.421. The fourth-order valence-corrected chi connectivity index (χ4v) is 3.78. The first-order valence-corrected chi connectivity index (χ1v) is 9.41. The number of benzene rings is 1. The number of nitrogens with zero attached hydrogens (tertiary/aromatic N) is 3. The molecular weight excluding hydrogens is 371 g/mol. The Hall–Kier alpha value is -2.25. The molecule has 2 N–H and O–H groups in total. The molecule has 6 nitrogen and oxygen atoms in total. The normalized spacial score (nSPS) is 16.7. The van der Waals surface area contributed by atoms with Gasteiger partial charge < -0.3 is 15.3 Å². The highest BCUT2D eigenvalue weighted by Gasteiger charge is 2.59. The van der Waals surface area contributed by atoms with E-state index in [1.165, 1.54) is 12.1 Å². The second-order valence-corrected chi connectivity index (χ2v) is 7.34. The summed E-state index contributed by atoms with van der Waals surface area (Å²) in [5.74, 6) is 0.193. The average Bonchev–Trinajstić information content (AvgIpc) is 3.42. The molecule has 1 fully saturated rings. The number of nitrogens with one attached hydrogen (secondary N) is 1. The van der Waals surface area contributed by atoms with Crippen molar-refractivity contribution in [3.8, 4) is 0 Å². The highest BCUT2D eigenvalue weighted by Crippen LogP contribution is 2.57. The van der Waals surface area contributed by atoms with Crippen molar-refractivity contribution in [1.29, 1.82) is 0 Å². The van der Waals surface area contributed by atoms with Crippen LogP contribution in [0.3, 0.4) is 0 Å². The number of fused-ring (bicyclic) bond motifs is 2. The maximum absolute atomic E-state index is 13.8. The van der Waals surface area contributed by atoms with Gasteiger partial charge in [-0.1, -0.05) is 6.07 Å². The molecule has 1 aliphatic heterocycles. The van der Waals surface area contributed by atoms with Gasteiger partial charge in [0.2, 0.25) is 11.2 Å². The number of carbonyl (C=O) groups is 1. The Labute approximate surface area is 161 Å². The summed E-state index contributed by atoms with van der Waals surface area (Å²) in [5.41, 5.74) is 1.76. The molecule has 4 rings (SSSR count). The number of unbranched alkanes of at least 4 members (excludes halogenated alkanes) is 1. The van der Waals surface area contributed by atoms with Crippen molar-refractivity contribution in [1.82, 2.24) is 9.97 Å². The summed E-state index contributed by atoms with van der Waals surface area (Å²) in [6.07, 6.45) is 4.64. The van der Waals surface area contributed by atoms with Gasteiger partial charge in [-0.25, -0.2) is 14.4 Å². The summed E-state index contributed by atoms with van der Waals surface area (Å²) < 4.78 is 13.8. The van der Waals surface area contributed by atoms with Crippen LogP contribution in [0.15, 0.2) is 24.4 Å². The van der Waals surface area contributed by atoms with Gasteiger partial charge >= 0.3 is 0 Å². The number of anilines is 2. The quantitative estimate of drug-likeness (QED) is 0.561. The first-order chi connectivity index (χ1) is 13.0. The SMILES string of the molecule is O=C1N(Cc2cnc(Cl)nc2NCCCCO)c2cc(F)ccc2C12CC2. The molecule has 1 spiro atoms. The van der Waals surface area contributed by atoms with Gasteiger partial charge in [0.05, 0.1) is 17.6 Å². The molecule has 1 saturated carbocycles. The lowest BCUT2D eigenvalue weighted by molar-refractivity contribution is -0.120. The van der Waals surface area contributed by atoms with E-state index in [1.807, 2.05) is 0 Å². The zero-order valence-electron chi connectivity index (χ0n) is 14.7. The molecule has 0 atom stereocenters. The summed E-state index contributed by atoms with van der Waals surface area (Å²) in [4.78, 5) is 22.9. The van der Waals surface area contributed by atoms with E-state index in [2.05, 4.69) is 15.3 Å². The number of carbonyl (C=O) groups excluding carboxylic acids is 1. The third-order valence-electron chi connectivity index (χ3n) is 5.21. The maximum Gasteiger partial charge on any atom is 0.238 e. The Balaban J connectivity index is 1.61. The molecule has 0 bridgehead atoms. The summed E-state index contributed by atoms with van der Waals surface area (Å²) in [5, 5.41) is 12.2. The molecule has 0 radical (unpaired) electrons. The topological polar surface area (TPSA) is 78.4 Å². The molecule has 1 aromatic heterocycles. The monoisotopic (exact) mass is 390 g/mol. The van der Waals surface area contributed by atoms with Crippen molar-refractivity contribution in [2.24, 2.45) is 0 Å². The minimum absolute atomic E-state index is 0.00396. The van der Waals surface area contributed by atoms with Crippen LogP contribution in [0, 0.1) is 5.82 Å². The van der Waals surface area contributed by atoms with Crippen molar-refractivity contribution in [2.75, 3.05) is 23.4 Å². The first kappa shape index (κ1) is 18.1. The van der Waals surface area contributed by atoms with Gasteiger partial charge in [-0.2, -0.15) is 0 Å². The highest BCUT2D eigenvalue weighted by molar-refractivity contribution is 6.28. The number of halogens is 2. The van der Waals surface area contributed by atoms with Gasteiger partial charge in [0.15, 0.2) is 0 Å². The minimum Gasteiger partial charge on any atom is -0.396 e. The molecule has 142 valence electrons. The third-order valence-corrected chi connectivity index (χ3v) is 5.39. The average molecular weight is 391 g/mol. The van der Waals surface area contributed by atoms with Crippen LogP contribution < -0.4 is 10.2 Å². The van der Waals surface area contributed by atoms with Crippen molar-refractivity contribution in [3.05, 3.63) is 46.6 Å². The van der Waals surface area contributed by atoms with Crippen molar-refractivity contribution in [2.45, 2.75) is 37.6 Å². The molecule has 27 heavy (non-hydrogen) atoms. The van der Waals surface area contributed by atoms with Crippen molar-refractivity contribution < 1.29 is 14.3 Å². The Kier molecular flexibility index (Phi) is 4.74. The van der Waals surface area contributed by atoms with Gasteiger partial charge in [0, 0.05) is 24.9 Å². The van der Waals surface area contributed by atoms with E-state index in [4.69, 9.17) is 16.7 Å². The van der Waals surface area contributed by atoms with E-state index in [0.29, 0.717) is 30.0 Å². The molecule has 1 amide bonds. The van der Waals surface area contributed by atoms with Gasteiger partial charge in [-0.05, 0) is 55.0 Å². The van der Waals surface area contributed by atoms with Crippen LogP contribution in [-0.2, 0) is 16.8 Å². The molecule has 2 aliphatic rings. The van der Waals surface area contributed by atoms with Crippen LogP contribution in [0.2, 0.25) is 5.28 Å². The number of aromatic nitrogens is 2. The number of rotatable bonds is 7. The van der Waals surface area contributed by atoms with Gasteiger partial charge in [0.1, 0.15) is 11.6 Å². The summed E-state index contributed by atoms with van der Waals surface area (Å²) >= 11 is 5.93. The van der Waals surface area contributed by atoms with E-state index in [9.17, 15) is 9.18 Å². The molecule has 8 heteroatoms. The Morgan fingerprint density at radius 3 is 2.89 bits per heavy atom. The lowest BCUT2D eigenvalue weighted by atomic mass is 9.98. The Bertz CT molecular complexity index is 888. The van der Waals surface area contributed by atoms with Crippen LogP contribution >= 0.6 is 11.6 Å². The smallest absolute Gasteiger partial charge is 0.238 e. The fourth-order valence-electron chi connectivity index (χ4n) is 3.65. The number of aliphatic hydroxyl groups is 1. The van der Waals surface area contributed by atoms with Crippen LogP contribution in [0.25, 0.3) is 0 Å². The zero-order chi connectivity index (χ0) is 19.0. The van der Waals surface area contributed by atoms with Crippen molar-refractivity contribution >= 4 is 29.0 Å². The summed E-state index contributed by atoms with van der Waals surface area (Å²) in [6.45, 7) is 0.992. The van der Waals surface area contributed by atoms with Crippen LogP contribution in [-0.4, -0.2) is 34.1 Å². The Morgan fingerprint density at radius 2 is 2.15 bits per heavy atom. The number of amides is 1. The molecule has 1 aliphatic carbocycles. The van der Waals surface area contributed by atoms with Gasteiger partial charge in [-0.3, -0.25) is 4.79 Å². The Morgan fingerprint density at radius 1 is 1.33 bits per heavy atom. The summed E-state index contributed by atoms with van der Waals surface area (Å²) in [7, 11) is 0. The molecule has 2 heterocycles. The predicted octanol–water partition coefficient (Wildman–Crippen LogP) is 3.03. The van der Waals surface area contributed by atoms with E-state index in [1.54, 1.807) is 17.2 Å². The zero-order valence-corrected chi connectivity index (χ0v) is 15.5. The van der Waals surface area contributed by atoms with E-state index >= 15 is 0 Å². The van der Waals surface area contributed by atoms with Crippen molar-refractivity contribution in [3.63, 3.8) is 0 Å². The molecule has 2 aromatic rings. The maximum atomic E-state index is 13.8. The molecule has 1 aromatic carbocycles. The lowest BCUT2D eigenvalue weighted by Gasteiger charge is -2.20. The lowest BCUT2D eigenvalue weighted by Crippen LogP contribution is -2.32. The number of hydrogen-bond donors (Lipinski definition) is 2. The summed E-state index contributed by atoms with van der Waals surface area (Å²) in [6, 6.07) is 4.56. The van der Waals surface area contributed by atoms with Crippen LogP contribution in [0.5, 0.6) is 0 Å². The first-order valence-electron chi connectivity index (χ1n) is 9.03. The van der Waals surface area contributed by atoms with E-state index in [0.717, 1.165) is 24.8 Å². The van der Waals surface area contributed by atoms with Crippen LogP contribution in [0.4, 0.5) is 15.9 Å². The van der Waals surface area contributed by atoms with E-state index < -0.39 is 5.41 Å². The third kappa shape index (κ3) is 3.26. The number of aliphatic hydroxyl groups excluding tert-OH is 1. The molecule has 0 unspecified atom stereocenters. The predicted molar refractivity (Wildman–Crippen MR) is 100 cm³/mol. The van der Waals surface area contributed by atoms with Crippen LogP contribution in [0.1, 0.15) is 36.8 Å². The molecule has 0 saturated heterocycles. The van der Waals surface area contributed by atoms with Gasteiger partial charge in [0.25, 0.3) is 0 Å². The van der Waals surface area contributed by atoms with E-state index in [-0.39, 0.29) is 30.2 Å². The standard InChI is InChI=1S/C19H20ClFN4O2/c20-18-23-10-12(16(24-18)22-7-1-2-8-26)11-25-15-9-13(21)3-4-14(15)19(5-6-19)17(25)27/h3-4,9-10,26H,1-2,5-8,11H2,(H,22,23,24).